The molecule has 1 saturated carbocycles. The summed E-state index contributed by atoms with van der Waals surface area (Å²) >= 11 is 1.54. The number of hydrogen-bond donors (Lipinski definition) is 2. The molecule has 0 aliphatic heterocycles. The second kappa shape index (κ2) is 9.25. The molecule has 1 heterocycles. The fraction of sp³-hybridized carbons (Fsp3) is 0.400. The largest absolute Gasteiger partial charge is 0.495 e. The van der Waals surface area contributed by atoms with Gasteiger partial charge in [0.25, 0.3) is 5.91 Å². The highest BCUT2D eigenvalue weighted by molar-refractivity contribution is 7.98. The minimum atomic E-state index is -0.619. The summed E-state index contributed by atoms with van der Waals surface area (Å²) in [7, 11) is 1.56. The molecule has 0 bridgehead atoms. The molecule has 150 valence electrons. The van der Waals surface area contributed by atoms with Crippen LogP contribution in [0.3, 0.4) is 0 Å². The molecule has 0 atom stereocenters. The van der Waals surface area contributed by atoms with Crippen LogP contribution < -0.4 is 14.8 Å². The number of benzene rings is 1. The SMILES string of the molecule is COc1cc(Oc2ncc(F)cc2C(=O)NC2CCC(O)CC2)ccc1SC. The summed E-state index contributed by atoms with van der Waals surface area (Å²) in [5.74, 6) is 0.0270. The van der Waals surface area contributed by atoms with Gasteiger partial charge >= 0.3 is 0 Å². The van der Waals surface area contributed by atoms with Gasteiger partial charge < -0.3 is 19.9 Å². The van der Waals surface area contributed by atoms with Crippen LogP contribution in [0.2, 0.25) is 0 Å². The van der Waals surface area contributed by atoms with Crippen molar-refractivity contribution in [2.24, 2.45) is 0 Å². The van der Waals surface area contributed by atoms with Crippen LogP contribution in [0.25, 0.3) is 0 Å². The molecule has 6 nitrogen and oxygen atoms in total. The van der Waals surface area contributed by atoms with Gasteiger partial charge in [-0.1, -0.05) is 0 Å². The van der Waals surface area contributed by atoms with Crippen molar-refractivity contribution in [3.05, 3.63) is 41.8 Å². The zero-order valence-corrected chi connectivity index (χ0v) is 16.6. The van der Waals surface area contributed by atoms with Crippen LogP contribution in [0.1, 0.15) is 36.0 Å². The highest BCUT2D eigenvalue weighted by Gasteiger charge is 2.24. The second-order valence-corrected chi connectivity index (χ2v) is 7.45. The highest BCUT2D eigenvalue weighted by Crippen LogP contribution is 2.33. The number of methoxy groups -OCH3 is 1. The molecule has 28 heavy (non-hydrogen) atoms. The lowest BCUT2D eigenvalue weighted by atomic mass is 9.93. The number of hydrogen-bond acceptors (Lipinski definition) is 6. The number of pyridine rings is 1. The Kier molecular flexibility index (Phi) is 6.74. The molecule has 0 saturated heterocycles. The molecule has 1 aliphatic rings. The molecule has 1 amide bonds. The van der Waals surface area contributed by atoms with E-state index in [0.29, 0.717) is 37.2 Å². The molecule has 2 aromatic rings. The van der Waals surface area contributed by atoms with E-state index in [0.717, 1.165) is 17.2 Å². The molecule has 1 aromatic carbocycles. The average Bonchev–Trinajstić information content (AvgIpc) is 2.70. The second-order valence-electron chi connectivity index (χ2n) is 6.60. The number of aliphatic hydroxyl groups is 1. The molecule has 0 radical (unpaired) electrons. The van der Waals surface area contributed by atoms with Crippen molar-refractivity contribution in [3.8, 4) is 17.4 Å². The Hall–Kier alpha value is -2.32. The Balaban J connectivity index is 1.79. The summed E-state index contributed by atoms with van der Waals surface area (Å²) in [6, 6.07) is 6.33. The van der Waals surface area contributed by atoms with Gasteiger partial charge in [0.05, 0.1) is 19.4 Å². The maximum Gasteiger partial charge on any atom is 0.257 e. The highest BCUT2D eigenvalue weighted by atomic mass is 32.2. The van der Waals surface area contributed by atoms with E-state index >= 15 is 0 Å². The van der Waals surface area contributed by atoms with E-state index in [2.05, 4.69) is 10.3 Å². The number of ether oxygens (including phenoxy) is 2. The van der Waals surface area contributed by atoms with E-state index in [9.17, 15) is 14.3 Å². The van der Waals surface area contributed by atoms with Gasteiger partial charge in [-0.15, -0.1) is 11.8 Å². The Bertz CT molecular complexity index is 841. The van der Waals surface area contributed by atoms with Crippen molar-refractivity contribution in [3.63, 3.8) is 0 Å². The molecule has 0 spiro atoms. The molecule has 1 fully saturated rings. The van der Waals surface area contributed by atoms with Gasteiger partial charge in [-0.25, -0.2) is 9.37 Å². The smallest absolute Gasteiger partial charge is 0.257 e. The lowest BCUT2D eigenvalue weighted by molar-refractivity contribution is 0.0864. The molecular formula is C20H23FN2O4S. The van der Waals surface area contributed by atoms with E-state index in [-0.39, 0.29) is 23.6 Å². The minimum absolute atomic E-state index is 0.0219. The van der Waals surface area contributed by atoms with Gasteiger partial charge in [0, 0.05) is 17.0 Å². The Labute approximate surface area is 167 Å². The topological polar surface area (TPSA) is 80.7 Å². The third kappa shape index (κ3) is 4.94. The summed E-state index contributed by atoms with van der Waals surface area (Å²) in [6.45, 7) is 0. The van der Waals surface area contributed by atoms with E-state index in [1.807, 2.05) is 12.3 Å². The standard InChI is InChI=1S/C20H23FN2O4S/c1-26-17-10-15(7-8-18(17)28-2)27-20-16(9-12(21)11-22-20)19(25)23-13-3-5-14(24)6-4-13/h7-11,13-14,24H,3-6H2,1-2H3,(H,23,25). The number of carbonyl (C=O) groups excluding carboxylic acids is 1. The fourth-order valence-corrected chi connectivity index (χ4v) is 3.69. The van der Waals surface area contributed by atoms with Gasteiger partial charge in [0.2, 0.25) is 5.88 Å². The van der Waals surface area contributed by atoms with Crippen molar-refractivity contribution in [2.45, 2.75) is 42.7 Å². The Morgan fingerprint density at radius 2 is 2.04 bits per heavy atom. The van der Waals surface area contributed by atoms with Gasteiger partial charge in [0.15, 0.2) is 0 Å². The first kappa shape index (κ1) is 20.4. The molecule has 1 aliphatic carbocycles. The summed E-state index contributed by atoms with van der Waals surface area (Å²) in [5.41, 5.74) is 0.0269. The van der Waals surface area contributed by atoms with Crippen LogP contribution in [0.5, 0.6) is 17.4 Å². The zero-order chi connectivity index (χ0) is 20.1. The van der Waals surface area contributed by atoms with Crippen LogP contribution in [-0.4, -0.2) is 41.5 Å². The first-order chi connectivity index (χ1) is 13.5. The van der Waals surface area contributed by atoms with Crippen molar-refractivity contribution in [2.75, 3.05) is 13.4 Å². The number of aliphatic hydroxyl groups excluding tert-OH is 1. The molecule has 2 N–H and O–H groups in total. The number of rotatable bonds is 6. The van der Waals surface area contributed by atoms with E-state index < -0.39 is 11.7 Å². The number of nitrogens with one attached hydrogen (secondary N) is 1. The van der Waals surface area contributed by atoms with Gasteiger partial charge in [-0.2, -0.15) is 0 Å². The van der Waals surface area contributed by atoms with Crippen molar-refractivity contribution in [1.82, 2.24) is 10.3 Å². The number of thioether (sulfide) groups is 1. The Morgan fingerprint density at radius 3 is 2.71 bits per heavy atom. The fourth-order valence-electron chi connectivity index (χ4n) is 3.15. The van der Waals surface area contributed by atoms with Crippen LogP contribution in [0, 0.1) is 5.82 Å². The average molecular weight is 406 g/mol. The molecule has 1 aromatic heterocycles. The Morgan fingerprint density at radius 1 is 1.29 bits per heavy atom. The number of nitrogens with zero attached hydrogens (tertiary/aromatic N) is 1. The lowest BCUT2D eigenvalue weighted by Gasteiger charge is -2.26. The first-order valence-electron chi connectivity index (χ1n) is 9.04. The molecule has 0 unspecified atom stereocenters. The summed E-state index contributed by atoms with van der Waals surface area (Å²) in [4.78, 5) is 17.6. The van der Waals surface area contributed by atoms with Crippen molar-refractivity contribution >= 4 is 17.7 Å². The molecule has 3 rings (SSSR count). The van der Waals surface area contributed by atoms with Crippen LogP contribution in [0.4, 0.5) is 4.39 Å². The predicted octanol–water partition coefficient (Wildman–Crippen LogP) is 3.78. The lowest BCUT2D eigenvalue weighted by Crippen LogP contribution is -2.38. The third-order valence-corrected chi connectivity index (χ3v) is 5.44. The first-order valence-corrected chi connectivity index (χ1v) is 10.3. The number of aromatic nitrogens is 1. The van der Waals surface area contributed by atoms with Crippen LogP contribution in [-0.2, 0) is 0 Å². The summed E-state index contributed by atoms with van der Waals surface area (Å²) in [6.07, 6.45) is 5.26. The van der Waals surface area contributed by atoms with Crippen LogP contribution >= 0.6 is 11.8 Å². The minimum Gasteiger partial charge on any atom is -0.495 e. The quantitative estimate of drug-likeness (QED) is 0.711. The van der Waals surface area contributed by atoms with Gasteiger partial charge in [-0.05, 0) is 50.1 Å². The van der Waals surface area contributed by atoms with Gasteiger partial charge in [-0.3, -0.25) is 4.79 Å². The van der Waals surface area contributed by atoms with Gasteiger partial charge in [0.1, 0.15) is 22.9 Å². The van der Waals surface area contributed by atoms with Crippen LogP contribution in [0.15, 0.2) is 35.4 Å². The summed E-state index contributed by atoms with van der Waals surface area (Å²) < 4.78 is 24.8. The van der Waals surface area contributed by atoms with E-state index in [4.69, 9.17) is 9.47 Å². The maximum absolute atomic E-state index is 13.7. The van der Waals surface area contributed by atoms with Crippen molar-refractivity contribution < 1.29 is 23.8 Å². The predicted molar refractivity (Wildman–Crippen MR) is 105 cm³/mol. The normalized spacial score (nSPS) is 19.1. The molecule has 8 heteroatoms. The number of carbonyl (C=O) groups is 1. The zero-order valence-electron chi connectivity index (χ0n) is 15.8. The number of halogens is 1. The van der Waals surface area contributed by atoms with Crippen molar-refractivity contribution in [1.29, 1.82) is 0 Å². The van der Waals surface area contributed by atoms with E-state index in [1.54, 1.807) is 19.2 Å². The summed E-state index contributed by atoms with van der Waals surface area (Å²) in [5, 5.41) is 12.5. The number of amides is 1. The van der Waals surface area contributed by atoms with E-state index in [1.165, 1.54) is 11.8 Å². The third-order valence-electron chi connectivity index (χ3n) is 4.66. The monoisotopic (exact) mass is 406 g/mol. The molecular weight excluding hydrogens is 383 g/mol. The maximum atomic E-state index is 13.7.